The molecule has 3 nitrogen and oxygen atoms in total. The molecule has 2 aromatic rings. The van der Waals surface area contributed by atoms with Crippen LogP contribution in [-0.4, -0.2) is 26.0 Å². The molecule has 114 valence electrons. The number of hydrogen-bond acceptors (Lipinski definition) is 4. The zero-order chi connectivity index (χ0) is 15.0. The summed E-state index contributed by atoms with van der Waals surface area (Å²) in [4.78, 5) is 1.31. The number of thiophene rings is 1. The van der Waals surface area contributed by atoms with Crippen molar-refractivity contribution in [2.24, 2.45) is 0 Å². The Morgan fingerprint density at radius 2 is 2.14 bits per heavy atom. The van der Waals surface area contributed by atoms with Gasteiger partial charge < -0.3 is 5.32 Å². The van der Waals surface area contributed by atoms with E-state index in [0.717, 1.165) is 12.8 Å². The van der Waals surface area contributed by atoms with Gasteiger partial charge in [-0.3, -0.25) is 0 Å². The minimum Gasteiger partial charge on any atom is -0.308 e. The molecule has 0 saturated carbocycles. The summed E-state index contributed by atoms with van der Waals surface area (Å²) in [7, 11) is -2.86. The van der Waals surface area contributed by atoms with Crippen LogP contribution in [0, 0.1) is 6.92 Å². The van der Waals surface area contributed by atoms with E-state index in [2.05, 4.69) is 43.4 Å². The van der Waals surface area contributed by atoms with Gasteiger partial charge in [-0.05, 0) is 43.7 Å². The molecule has 0 radical (unpaired) electrons. The average Bonchev–Trinajstić information content (AvgIpc) is 2.97. The minimum absolute atomic E-state index is 0.193. The first-order valence-electron chi connectivity index (χ1n) is 7.42. The highest BCUT2D eigenvalue weighted by Gasteiger charge is 2.31. The predicted molar refractivity (Wildman–Crippen MR) is 89.8 cm³/mol. The van der Waals surface area contributed by atoms with Crippen LogP contribution in [0.25, 0.3) is 10.1 Å². The SMILES string of the molecule is Cc1c(C(C)NCC2CCCS2(=O)=O)sc2ccccc12. The molecule has 1 aromatic carbocycles. The van der Waals surface area contributed by atoms with Crippen LogP contribution in [0.5, 0.6) is 0 Å². The standard InChI is InChI=1S/C16H21NO2S2/c1-11-14-7-3-4-8-15(14)20-16(11)12(2)17-10-13-6-5-9-21(13,18)19/h3-4,7-8,12-13,17H,5-6,9-10H2,1-2H3. The molecule has 1 aliphatic rings. The Kier molecular flexibility index (Phi) is 4.08. The molecule has 1 aromatic heterocycles. The van der Waals surface area contributed by atoms with Crippen LogP contribution in [0.2, 0.25) is 0 Å². The van der Waals surface area contributed by atoms with E-state index >= 15 is 0 Å². The Morgan fingerprint density at radius 1 is 1.38 bits per heavy atom. The Labute approximate surface area is 130 Å². The van der Waals surface area contributed by atoms with Crippen molar-refractivity contribution in [1.29, 1.82) is 0 Å². The second-order valence-corrected chi connectivity index (χ2v) is 9.33. The third-order valence-corrected chi connectivity index (χ3v) is 8.12. The van der Waals surface area contributed by atoms with Crippen LogP contribution in [0.4, 0.5) is 0 Å². The summed E-state index contributed by atoms with van der Waals surface area (Å²) in [6.07, 6.45) is 1.61. The van der Waals surface area contributed by atoms with E-state index < -0.39 is 9.84 Å². The van der Waals surface area contributed by atoms with Crippen molar-refractivity contribution in [3.63, 3.8) is 0 Å². The molecule has 5 heteroatoms. The Balaban J connectivity index is 1.75. The lowest BCUT2D eigenvalue weighted by Gasteiger charge is -2.16. The van der Waals surface area contributed by atoms with Gasteiger partial charge in [0.2, 0.25) is 0 Å². The van der Waals surface area contributed by atoms with E-state index in [1.807, 2.05) is 0 Å². The van der Waals surface area contributed by atoms with Gasteiger partial charge in [0.1, 0.15) is 0 Å². The van der Waals surface area contributed by atoms with Crippen LogP contribution < -0.4 is 5.32 Å². The molecule has 1 fully saturated rings. The monoisotopic (exact) mass is 323 g/mol. The number of aryl methyl sites for hydroxylation is 1. The van der Waals surface area contributed by atoms with Gasteiger partial charge in [-0.1, -0.05) is 18.2 Å². The van der Waals surface area contributed by atoms with Crippen molar-refractivity contribution >= 4 is 31.3 Å². The smallest absolute Gasteiger partial charge is 0.154 e. The maximum absolute atomic E-state index is 11.9. The predicted octanol–water partition coefficient (Wildman–Crippen LogP) is 3.44. The molecule has 2 heterocycles. The van der Waals surface area contributed by atoms with Crippen LogP contribution in [0.1, 0.15) is 36.2 Å². The highest BCUT2D eigenvalue weighted by Crippen LogP contribution is 2.34. The molecule has 0 aliphatic carbocycles. The molecule has 2 unspecified atom stereocenters. The van der Waals surface area contributed by atoms with Crippen molar-refractivity contribution in [2.45, 2.75) is 38.0 Å². The van der Waals surface area contributed by atoms with E-state index in [1.165, 1.54) is 20.5 Å². The lowest BCUT2D eigenvalue weighted by atomic mass is 10.1. The molecule has 0 bridgehead atoms. The van der Waals surface area contributed by atoms with Crippen molar-refractivity contribution in [1.82, 2.24) is 5.32 Å². The van der Waals surface area contributed by atoms with Gasteiger partial charge in [0.25, 0.3) is 0 Å². The fourth-order valence-corrected chi connectivity index (χ4v) is 6.11. The second-order valence-electron chi connectivity index (χ2n) is 5.85. The molecule has 1 aliphatic heterocycles. The normalized spacial score (nSPS) is 22.7. The summed E-state index contributed by atoms with van der Waals surface area (Å²) in [6.45, 7) is 4.84. The van der Waals surface area contributed by atoms with E-state index in [0.29, 0.717) is 12.3 Å². The number of rotatable bonds is 4. The molecule has 3 rings (SSSR count). The van der Waals surface area contributed by atoms with Crippen molar-refractivity contribution in [3.8, 4) is 0 Å². The maximum atomic E-state index is 11.9. The molecule has 1 saturated heterocycles. The summed E-state index contributed by atoms with van der Waals surface area (Å²) < 4.78 is 25.1. The summed E-state index contributed by atoms with van der Waals surface area (Å²) in [5.74, 6) is 0.357. The Morgan fingerprint density at radius 3 is 2.81 bits per heavy atom. The third-order valence-electron chi connectivity index (χ3n) is 4.39. The van der Waals surface area contributed by atoms with Crippen molar-refractivity contribution in [3.05, 3.63) is 34.7 Å². The first-order valence-corrected chi connectivity index (χ1v) is 9.95. The third kappa shape index (κ3) is 2.87. The van der Waals surface area contributed by atoms with Gasteiger partial charge in [0.05, 0.1) is 11.0 Å². The molecule has 21 heavy (non-hydrogen) atoms. The minimum atomic E-state index is -2.86. The van der Waals surface area contributed by atoms with E-state index in [4.69, 9.17) is 0 Å². The lowest BCUT2D eigenvalue weighted by Crippen LogP contribution is -2.32. The van der Waals surface area contributed by atoms with Gasteiger partial charge in [0.15, 0.2) is 9.84 Å². The first-order chi connectivity index (χ1) is 9.99. The molecule has 2 atom stereocenters. The summed E-state index contributed by atoms with van der Waals surface area (Å²) in [6, 6.07) is 8.61. The van der Waals surface area contributed by atoms with E-state index in [1.54, 1.807) is 11.3 Å². The molecule has 0 amide bonds. The number of sulfone groups is 1. The number of fused-ring (bicyclic) bond motifs is 1. The van der Waals surface area contributed by atoms with Gasteiger partial charge in [0, 0.05) is 22.2 Å². The Hall–Kier alpha value is -0.910. The van der Waals surface area contributed by atoms with Crippen molar-refractivity contribution < 1.29 is 8.42 Å². The molecule has 0 spiro atoms. The topological polar surface area (TPSA) is 46.2 Å². The van der Waals surface area contributed by atoms with Crippen LogP contribution in [-0.2, 0) is 9.84 Å². The van der Waals surface area contributed by atoms with Gasteiger partial charge >= 0.3 is 0 Å². The van der Waals surface area contributed by atoms with Crippen LogP contribution in [0.3, 0.4) is 0 Å². The zero-order valence-corrected chi connectivity index (χ0v) is 14.1. The first kappa shape index (κ1) is 15.0. The van der Waals surface area contributed by atoms with E-state index in [9.17, 15) is 8.42 Å². The highest BCUT2D eigenvalue weighted by atomic mass is 32.2. The van der Waals surface area contributed by atoms with E-state index in [-0.39, 0.29) is 11.3 Å². The summed E-state index contributed by atoms with van der Waals surface area (Å²) in [5, 5.41) is 4.54. The highest BCUT2D eigenvalue weighted by molar-refractivity contribution is 7.92. The van der Waals surface area contributed by atoms with Gasteiger partial charge in [-0.2, -0.15) is 0 Å². The quantitative estimate of drug-likeness (QED) is 0.937. The lowest BCUT2D eigenvalue weighted by molar-refractivity contribution is 0.541. The zero-order valence-electron chi connectivity index (χ0n) is 12.4. The number of benzene rings is 1. The molecule has 1 N–H and O–H groups in total. The summed E-state index contributed by atoms with van der Waals surface area (Å²) in [5.41, 5.74) is 1.31. The Bertz CT molecular complexity index is 749. The summed E-state index contributed by atoms with van der Waals surface area (Å²) >= 11 is 1.80. The molecular formula is C16H21NO2S2. The average molecular weight is 323 g/mol. The molecular weight excluding hydrogens is 302 g/mol. The largest absolute Gasteiger partial charge is 0.308 e. The second kappa shape index (κ2) is 5.71. The number of hydrogen-bond donors (Lipinski definition) is 1. The number of nitrogens with one attached hydrogen (secondary N) is 1. The maximum Gasteiger partial charge on any atom is 0.154 e. The van der Waals surface area contributed by atoms with Crippen molar-refractivity contribution in [2.75, 3.05) is 12.3 Å². The van der Waals surface area contributed by atoms with Gasteiger partial charge in [-0.15, -0.1) is 11.3 Å². The van der Waals surface area contributed by atoms with Gasteiger partial charge in [-0.25, -0.2) is 8.42 Å². The fraction of sp³-hybridized carbons (Fsp3) is 0.500. The van der Waals surface area contributed by atoms with Crippen LogP contribution in [0.15, 0.2) is 24.3 Å². The van der Waals surface area contributed by atoms with Crippen LogP contribution >= 0.6 is 11.3 Å². The fourth-order valence-electron chi connectivity index (χ4n) is 3.09.